The van der Waals surface area contributed by atoms with Gasteiger partial charge < -0.3 is 19.3 Å². The minimum Gasteiger partial charge on any atom is -0.478 e. The lowest BCUT2D eigenvalue weighted by Crippen LogP contribution is -2.47. The number of alkyl halides is 3. The molecule has 164 valence electrons. The predicted octanol–water partition coefficient (Wildman–Crippen LogP) is 3.36. The van der Waals surface area contributed by atoms with E-state index in [2.05, 4.69) is 9.97 Å². The molecule has 2 aromatic rings. The molecule has 0 saturated carbocycles. The van der Waals surface area contributed by atoms with E-state index in [1.807, 2.05) is 0 Å². The largest absolute Gasteiger partial charge is 0.478 e. The number of nitrogens with two attached hydrogens (primary N) is 1. The van der Waals surface area contributed by atoms with E-state index < -0.39 is 48.2 Å². The molecule has 1 heterocycles. The van der Waals surface area contributed by atoms with Crippen LogP contribution in [0.1, 0.15) is 30.7 Å². The lowest BCUT2D eigenvalue weighted by Gasteiger charge is -2.26. The number of aromatic nitrogens is 2. The highest BCUT2D eigenvalue weighted by atomic mass is 35.5. The van der Waals surface area contributed by atoms with Crippen LogP contribution < -0.4 is 15.2 Å². The summed E-state index contributed by atoms with van der Waals surface area (Å²) in [4.78, 5) is 18.7. The van der Waals surface area contributed by atoms with Gasteiger partial charge in [0.05, 0.1) is 6.10 Å². The van der Waals surface area contributed by atoms with Gasteiger partial charge in [-0.2, -0.15) is 23.1 Å². The third-order valence-corrected chi connectivity index (χ3v) is 4.19. The van der Waals surface area contributed by atoms with Crippen LogP contribution in [0.3, 0.4) is 0 Å². The van der Waals surface area contributed by atoms with E-state index in [4.69, 9.17) is 31.5 Å². The number of halogens is 4. The van der Waals surface area contributed by atoms with Crippen molar-refractivity contribution in [3.8, 4) is 11.9 Å². The number of carboxylic acids is 1. The summed E-state index contributed by atoms with van der Waals surface area (Å²) in [5, 5.41) is 9.51. The van der Waals surface area contributed by atoms with Gasteiger partial charge >= 0.3 is 18.2 Å². The van der Waals surface area contributed by atoms with Crippen molar-refractivity contribution >= 4 is 17.6 Å². The number of hydrogen-bond acceptors (Lipinski definition) is 7. The Balaban J connectivity index is 2.43. The van der Waals surface area contributed by atoms with Crippen LogP contribution in [0.4, 0.5) is 13.2 Å². The average molecular weight is 450 g/mol. The maximum atomic E-state index is 13.1. The molecule has 1 aromatic carbocycles. The Hall–Kier alpha value is -2.63. The van der Waals surface area contributed by atoms with Crippen molar-refractivity contribution in [2.75, 3.05) is 7.11 Å². The predicted molar refractivity (Wildman–Crippen MR) is 99.1 cm³/mol. The summed E-state index contributed by atoms with van der Waals surface area (Å²) in [6.45, 7) is 2.75. The third-order valence-electron chi connectivity index (χ3n) is 3.84. The first-order valence-electron chi connectivity index (χ1n) is 8.49. The van der Waals surface area contributed by atoms with Gasteiger partial charge in [0.1, 0.15) is 6.61 Å². The topological polar surface area (TPSA) is 117 Å². The van der Waals surface area contributed by atoms with Crippen LogP contribution in [0.25, 0.3) is 0 Å². The molecular weight excluding hydrogens is 431 g/mol. The summed E-state index contributed by atoms with van der Waals surface area (Å²) in [5.74, 6) is -1.95. The molecule has 1 atom stereocenters. The second-order valence-corrected chi connectivity index (χ2v) is 6.75. The second-order valence-electron chi connectivity index (χ2n) is 6.34. The van der Waals surface area contributed by atoms with Crippen LogP contribution in [0.5, 0.6) is 11.9 Å². The summed E-state index contributed by atoms with van der Waals surface area (Å²) in [5.41, 5.74) is 2.38. The van der Waals surface area contributed by atoms with Crippen LogP contribution in [-0.2, 0) is 28.0 Å². The van der Waals surface area contributed by atoms with E-state index >= 15 is 0 Å². The van der Waals surface area contributed by atoms with Gasteiger partial charge in [-0.05, 0) is 19.9 Å². The molecule has 12 heteroatoms. The van der Waals surface area contributed by atoms with Gasteiger partial charge in [0.25, 0.3) is 0 Å². The van der Waals surface area contributed by atoms with Gasteiger partial charge in [0, 0.05) is 29.3 Å². The summed E-state index contributed by atoms with van der Waals surface area (Å²) < 4.78 is 54.9. The van der Waals surface area contributed by atoms with Crippen molar-refractivity contribution in [3.63, 3.8) is 0 Å². The number of ether oxygens (including phenoxy) is 3. The molecule has 3 N–H and O–H groups in total. The minimum absolute atomic E-state index is 0.0336. The van der Waals surface area contributed by atoms with Crippen LogP contribution in [0, 0.1) is 0 Å². The molecule has 0 saturated heterocycles. The summed E-state index contributed by atoms with van der Waals surface area (Å²) in [6.07, 6.45) is -5.25. The molecular formula is C18H19ClF3N3O5. The normalized spacial score (nSPS) is 13.8. The zero-order valence-electron chi connectivity index (χ0n) is 16.2. The molecule has 1 unspecified atom stereocenters. The van der Waals surface area contributed by atoms with Crippen molar-refractivity contribution < 1.29 is 37.3 Å². The fourth-order valence-corrected chi connectivity index (χ4v) is 2.63. The third kappa shape index (κ3) is 5.29. The molecule has 0 spiro atoms. The molecule has 0 radical (unpaired) electrons. The van der Waals surface area contributed by atoms with Gasteiger partial charge in [0.2, 0.25) is 11.6 Å². The van der Waals surface area contributed by atoms with Crippen LogP contribution in [-0.4, -0.2) is 34.3 Å². The Morgan fingerprint density at radius 3 is 2.50 bits per heavy atom. The van der Waals surface area contributed by atoms with Gasteiger partial charge in [0.15, 0.2) is 5.69 Å². The maximum Gasteiger partial charge on any atom is 0.433 e. The van der Waals surface area contributed by atoms with Gasteiger partial charge in [-0.25, -0.2) is 4.79 Å². The number of carbonyl (C=O) groups is 1. The van der Waals surface area contributed by atoms with Crippen LogP contribution in [0.15, 0.2) is 24.3 Å². The van der Waals surface area contributed by atoms with Crippen molar-refractivity contribution in [2.24, 2.45) is 5.73 Å². The molecule has 8 nitrogen and oxygen atoms in total. The van der Waals surface area contributed by atoms with Gasteiger partial charge in [-0.1, -0.05) is 23.7 Å². The quantitative estimate of drug-likeness (QED) is 0.589. The Kier molecular flexibility index (Phi) is 7.11. The number of nitrogens with zero attached hydrogens (tertiary/aromatic N) is 2. The lowest BCUT2D eigenvalue weighted by molar-refractivity contribution is -0.163. The maximum absolute atomic E-state index is 13.1. The summed E-state index contributed by atoms with van der Waals surface area (Å²) in [6, 6.07) is 4.32. The lowest BCUT2D eigenvalue weighted by atomic mass is 9.97. The molecule has 0 amide bonds. The fourth-order valence-electron chi connectivity index (χ4n) is 2.40. The van der Waals surface area contributed by atoms with E-state index in [0.29, 0.717) is 6.07 Å². The highest BCUT2D eigenvalue weighted by molar-refractivity contribution is 6.31. The fraction of sp³-hybridized carbons (Fsp3) is 0.389. The second kappa shape index (κ2) is 9.02. The van der Waals surface area contributed by atoms with E-state index in [9.17, 15) is 23.1 Å². The number of carboxylic acid groups (broad SMARTS) is 1. The van der Waals surface area contributed by atoms with Crippen molar-refractivity contribution in [1.82, 2.24) is 9.97 Å². The van der Waals surface area contributed by atoms with Gasteiger partial charge in [-0.15, -0.1) is 0 Å². The Morgan fingerprint density at radius 1 is 1.30 bits per heavy atom. The minimum atomic E-state index is -4.77. The number of aliphatic carboxylic acids is 1. The Morgan fingerprint density at radius 2 is 1.97 bits per heavy atom. The Labute approximate surface area is 174 Å². The van der Waals surface area contributed by atoms with Crippen molar-refractivity contribution in [2.45, 2.75) is 38.5 Å². The monoisotopic (exact) mass is 449 g/mol. The highest BCUT2D eigenvalue weighted by Crippen LogP contribution is 2.33. The Bertz CT molecular complexity index is 926. The summed E-state index contributed by atoms with van der Waals surface area (Å²) >= 11 is 6.15. The van der Waals surface area contributed by atoms with Crippen molar-refractivity contribution in [1.29, 1.82) is 0 Å². The highest BCUT2D eigenvalue weighted by Gasteiger charge is 2.39. The van der Waals surface area contributed by atoms with Crippen molar-refractivity contribution in [3.05, 3.63) is 46.1 Å². The standard InChI is InChI=1S/C18H19ClF3N3O5/c1-9(2)30-16-24-13(18(20,21)22)7-14(25-16)29-8-10-11(5-4-6-12(10)19)17(23,28-3)15(26)27/h4-7,9H,8,23H2,1-3H3,(H,26,27). The van der Waals surface area contributed by atoms with Crippen LogP contribution in [0.2, 0.25) is 5.02 Å². The number of methoxy groups -OCH3 is 1. The van der Waals surface area contributed by atoms with E-state index in [-0.39, 0.29) is 16.1 Å². The van der Waals surface area contributed by atoms with Gasteiger partial charge in [-0.3, -0.25) is 5.73 Å². The number of hydrogen-bond donors (Lipinski definition) is 2. The number of benzene rings is 1. The molecule has 2 rings (SSSR count). The molecule has 0 bridgehead atoms. The molecule has 30 heavy (non-hydrogen) atoms. The molecule has 0 aliphatic carbocycles. The first-order valence-corrected chi connectivity index (χ1v) is 8.87. The van der Waals surface area contributed by atoms with Crippen LogP contribution >= 0.6 is 11.6 Å². The average Bonchev–Trinajstić information content (AvgIpc) is 2.64. The van der Waals surface area contributed by atoms with E-state index in [1.165, 1.54) is 18.2 Å². The zero-order valence-corrected chi connectivity index (χ0v) is 16.9. The first-order chi connectivity index (χ1) is 13.9. The van der Waals surface area contributed by atoms with E-state index in [0.717, 1.165) is 7.11 Å². The number of rotatable bonds is 8. The molecule has 1 aromatic heterocycles. The zero-order chi connectivity index (χ0) is 22.7. The molecule has 0 fully saturated rings. The molecule has 0 aliphatic heterocycles. The van der Waals surface area contributed by atoms with E-state index in [1.54, 1.807) is 13.8 Å². The smallest absolute Gasteiger partial charge is 0.433 e. The summed E-state index contributed by atoms with van der Waals surface area (Å²) in [7, 11) is 1.09. The first kappa shape index (κ1) is 23.6. The molecule has 0 aliphatic rings. The SMILES string of the molecule is COC(N)(C(=O)O)c1cccc(Cl)c1COc1cc(C(F)(F)F)nc(OC(C)C)n1.